The number of unbranched alkanes of at least 4 members (excludes halogenated alkanes) is 1. The molecule has 34 heteroatoms. The van der Waals surface area contributed by atoms with Crippen molar-refractivity contribution < 1.29 is 80.5 Å². The van der Waals surface area contributed by atoms with Gasteiger partial charge in [0, 0.05) is 19.4 Å². The number of aliphatic hydroxyl groups is 2. The lowest BCUT2D eigenvalue weighted by molar-refractivity contribution is -0.137. The number of nitrogens with one attached hydrogen (secondary N) is 11. The van der Waals surface area contributed by atoms with Crippen molar-refractivity contribution in [2.24, 2.45) is 40.5 Å². The Morgan fingerprint density at radius 3 is 1.52 bits per heavy atom. The molecule has 0 aromatic heterocycles. The molecule has 0 saturated carbocycles. The number of rotatable bonds is 29. The fourth-order valence-electron chi connectivity index (χ4n) is 9.12. The predicted octanol–water partition coefficient (Wildman–Crippen LogP) is -5.90. The largest absolute Gasteiger partial charge is 0.394 e. The van der Waals surface area contributed by atoms with E-state index in [9.17, 15) is 63.0 Å². The Morgan fingerprint density at radius 2 is 1.04 bits per heavy atom. The van der Waals surface area contributed by atoms with E-state index in [0.29, 0.717) is 17.9 Å². The zero-order valence-electron chi connectivity index (χ0n) is 52.3. The van der Waals surface area contributed by atoms with Crippen LogP contribution in [0.15, 0.2) is 30.3 Å². The van der Waals surface area contributed by atoms with Crippen molar-refractivity contribution >= 4 is 75.4 Å². The summed E-state index contributed by atoms with van der Waals surface area (Å²) in [5.74, 6) is -9.45. The molecule has 512 valence electrons. The van der Waals surface area contributed by atoms with Gasteiger partial charge in [0.1, 0.15) is 60.4 Å². The molecule has 2 rings (SSSR count). The van der Waals surface area contributed by atoms with Crippen molar-refractivity contribution in [2.75, 3.05) is 39.3 Å². The zero-order valence-corrected chi connectivity index (χ0v) is 53.1. The molecule has 11 amide bonds. The average Bonchev–Trinajstić information content (AvgIpc) is 1.33. The van der Waals surface area contributed by atoms with Crippen molar-refractivity contribution in [3.8, 4) is 0 Å². The van der Waals surface area contributed by atoms with Crippen molar-refractivity contribution in [3.05, 3.63) is 35.9 Å². The molecule has 1 heterocycles. The van der Waals surface area contributed by atoms with Gasteiger partial charge >= 0.3 is 10.4 Å². The number of amides is 11. The number of hydrogen-bond acceptors (Lipinski definition) is 20. The van der Waals surface area contributed by atoms with Crippen LogP contribution in [-0.2, 0) is 69.6 Å². The first-order valence-corrected chi connectivity index (χ1v) is 31.6. The quantitative estimate of drug-likeness (QED) is 0.0262. The lowest BCUT2D eigenvalue weighted by Crippen LogP contribution is -2.62. The van der Waals surface area contributed by atoms with Gasteiger partial charge in [-0.05, 0) is 115 Å². The molecular formula is C56H100N16O17S. The van der Waals surface area contributed by atoms with Gasteiger partial charge in [-0.15, -0.1) is 0 Å². The number of aliphatic hydroxyl groups excluding tert-OH is 2. The van der Waals surface area contributed by atoms with Gasteiger partial charge < -0.3 is 97.4 Å². The minimum Gasteiger partial charge on any atom is -0.391 e. The summed E-state index contributed by atoms with van der Waals surface area (Å²) in [5.41, 5.74) is 29.9. The smallest absolute Gasteiger partial charge is 0.391 e. The van der Waals surface area contributed by atoms with Crippen LogP contribution in [0.2, 0.25) is 0 Å². The van der Waals surface area contributed by atoms with E-state index >= 15 is 0 Å². The van der Waals surface area contributed by atoms with Gasteiger partial charge in [-0.1, -0.05) is 77.3 Å². The van der Waals surface area contributed by atoms with E-state index in [0.717, 1.165) is 19.3 Å². The molecule has 1 aliphatic rings. The van der Waals surface area contributed by atoms with E-state index in [1.807, 2.05) is 0 Å². The molecule has 1 saturated heterocycles. The minimum atomic E-state index is -4.67. The lowest BCUT2D eigenvalue weighted by atomic mass is 10.00. The fourth-order valence-corrected chi connectivity index (χ4v) is 9.12. The van der Waals surface area contributed by atoms with Gasteiger partial charge in [-0.3, -0.25) is 61.8 Å². The van der Waals surface area contributed by atoms with Crippen LogP contribution in [0, 0.1) is 11.8 Å². The summed E-state index contributed by atoms with van der Waals surface area (Å²) in [5, 5.41) is 49.7. The second kappa shape index (κ2) is 42.9. The van der Waals surface area contributed by atoms with Gasteiger partial charge in [0.15, 0.2) is 0 Å². The summed E-state index contributed by atoms with van der Waals surface area (Å²) in [6, 6.07) is -6.23. The third-order valence-corrected chi connectivity index (χ3v) is 14.3. The van der Waals surface area contributed by atoms with Crippen molar-refractivity contribution in [1.29, 1.82) is 0 Å². The van der Waals surface area contributed by atoms with Crippen LogP contribution in [-0.4, -0.2) is 205 Å². The number of benzene rings is 1. The molecule has 0 radical (unpaired) electrons. The molecule has 1 aromatic carbocycles. The maximum Gasteiger partial charge on any atom is 0.394 e. The van der Waals surface area contributed by atoms with Gasteiger partial charge in [0.2, 0.25) is 65.0 Å². The topological polar surface area (TPSA) is 565 Å². The molecule has 90 heavy (non-hydrogen) atoms. The van der Waals surface area contributed by atoms with Crippen molar-refractivity contribution in [1.82, 2.24) is 58.5 Å². The summed E-state index contributed by atoms with van der Waals surface area (Å²) in [6.07, 6.45) is -1.05. The van der Waals surface area contributed by atoms with Crippen LogP contribution in [0.5, 0.6) is 0 Å². The zero-order chi connectivity index (χ0) is 68.3. The number of carbonyl (C=O) groups is 11. The van der Waals surface area contributed by atoms with Crippen LogP contribution in [0.3, 0.4) is 0 Å². The number of carbonyl (C=O) groups excluding carboxylic acids is 11. The molecule has 33 nitrogen and oxygen atoms in total. The summed E-state index contributed by atoms with van der Waals surface area (Å²) in [7, 11) is -4.67. The molecule has 13 atom stereocenters. The van der Waals surface area contributed by atoms with E-state index in [-0.39, 0.29) is 90.0 Å². The molecule has 25 N–H and O–H groups in total. The van der Waals surface area contributed by atoms with E-state index in [4.69, 9.17) is 46.2 Å². The maximum atomic E-state index is 14.5. The van der Waals surface area contributed by atoms with E-state index in [2.05, 4.69) is 72.3 Å². The van der Waals surface area contributed by atoms with E-state index in [1.165, 1.54) is 13.8 Å². The SMILES string of the molecule is CC[C@H](C)CCCCC(=O)N[C@@H](CCN)C(=O)N[C@H](C(=O)N[C@@H](CCN)C(=O)N[C@H]1CCNC(=O)[C@H]([C@@H](C)O)NC(=O)[C@H](CCN)NC(=O)[C@H](CCN)NC(=O)[C@H](CC(C)C)NC(=O)[C@@H](Cc2ccccc2)NC(=O)[C@H](CCN)NC1=O)[C@@H](C)O.O=S(=O)(O)O. The maximum absolute atomic E-state index is 14.5. The fraction of sp³-hybridized carbons (Fsp3) is 0.696. The Balaban J connectivity index is 0.00000776. The molecular weight excluding hydrogens is 1200 g/mol. The van der Waals surface area contributed by atoms with Gasteiger partial charge in [0.25, 0.3) is 0 Å². The van der Waals surface area contributed by atoms with Gasteiger partial charge in [-0.25, -0.2) is 0 Å². The Bertz CT molecular complexity index is 2560. The van der Waals surface area contributed by atoms with Crippen LogP contribution in [0.1, 0.15) is 124 Å². The van der Waals surface area contributed by atoms with E-state index < -0.39 is 161 Å². The molecule has 0 bridgehead atoms. The van der Waals surface area contributed by atoms with Crippen LogP contribution >= 0.6 is 0 Å². The summed E-state index contributed by atoms with van der Waals surface area (Å²) in [6.45, 7) is 9.00. The Hall–Kier alpha value is -7.02. The highest BCUT2D eigenvalue weighted by molar-refractivity contribution is 7.79. The van der Waals surface area contributed by atoms with Crippen LogP contribution in [0.4, 0.5) is 0 Å². The van der Waals surface area contributed by atoms with Gasteiger partial charge in [-0.2, -0.15) is 8.42 Å². The third-order valence-electron chi connectivity index (χ3n) is 14.3. The number of nitrogens with two attached hydrogens (primary N) is 5. The third kappa shape index (κ3) is 32.1. The number of hydrogen-bond donors (Lipinski definition) is 20. The predicted molar refractivity (Wildman–Crippen MR) is 330 cm³/mol. The first-order valence-electron chi connectivity index (χ1n) is 30.2. The highest BCUT2D eigenvalue weighted by atomic mass is 32.3. The second-order valence-electron chi connectivity index (χ2n) is 22.5. The lowest BCUT2D eigenvalue weighted by Gasteiger charge is -2.29. The first kappa shape index (κ1) is 81.0. The Labute approximate surface area is 525 Å². The highest BCUT2D eigenvalue weighted by Gasteiger charge is 2.37. The first-order chi connectivity index (χ1) is 42.3. The van der Waals surface area contributed by atoms with Crippen LogP contribution in [0.25, 0.3) is 0 Å². The van der Waals surface area contributed by atoms with Crippen LogP contribution < -0.4 is 87.2 Å². The van der Waals surface area contributed by atoms with Gasteiger partial charge in [0.05, 0.1) is 12.2 Å². The molecule has 0 unspecified atom stereocenters. The molecule has 1 aliphatic heterocycles. The molecule has 1 fully saturated rings. The summed E-state index contributed by atoms with van der Waals surface area (Å²) >= 11 is 0. The normalized spacial score (nSPS) is 22.3. The average molecular weight is 1300 g/mol. The summed E-state index contributed by atoms with van der Waals surface area (Å²) in [4.78, 5) is 154. The standard InChI is InChI=1S/C56H98N16O13.H2O4S/c1-7-32(4)13-11-12-16-44(75)63-36(17-23-57)51(80)72-46(34(6)74)56(85)68-39(20-26-60)48(77)67-41-22-28-62-55(84)45(33(5)73)71-52(81)40(21-27-61)65-47(76)37(18-24-58)66-53(82)42(29-31(2)3)69-54(83)43(30-35-14-9-8-10-15-35)70-49(78)38(19-25-59)64-50(41)79;1-5(2,3)4/h8-10,14-15,31-34,36-43,45-46,73-74H,7,11-13,16-30,57-61H2,1-6H3,(H,62,84)(H,63,75)(H,64,79)(H,65,76)(H,66,82)(H,67,77)(H,68,85)(H,69,83)(H,70,78)(H,71,81)(H,72,80);(H2,1,2,3,4)/t32-,33+,34+,36-,37-,38-,39-,40-,41-,42-,43+,45-,46-;/m0./s1. The minimum absolute atomic E-state index is 0.0173. The molecule has 1 aromatic rings. The highest BCUT2D eigenvalue weighted by Crippen LogP contribution is 2.14. The molecule has 0 aliphatic carbocycles. The second-order valence-corrected chi connectivity index (χ2v) is 23.4. The Morgan fingerprint density at radius 1 is 0.578 bits per heavy atom. The van der Waals surface area contributed by atoms with Crippen molar-refractivity contribution in [3.63, 3.8) is 0 Å². The molecule has 0 spiro atoms. The van der Waals surface area contributed by atoms with E-state index in [1.54, 1.807) is 44.2 Å². The van der Waals surface area contributed by atoms with Crippen molar-refractivity contribution in [2.45, 2.75) is 198 Å². The Kier molecular flexibility index (Phi) is 38.6. The monoisotopic (exact) mass is 1300 g/mol. The summed E-state index contributed by atoms with van der Waals surface area (Å²) < 4.78 is 31.6.